The lowest BCUT2D eigenvalue weighted by molar-refractivity contribution is 0.220. The highest BCUT2D eigenvalue weighted by molar-refractivity contribution is 5.92. The van der Waals surface area contributed by atoms with E-state index in [0.29, 0.717) is 5.84 Å². The van der Waals surface area contributed by atoms with E-state index in [1.165, 1.54) is 50.2 Å². The van der Waals surface area contributed by atoms with Gasteiger partial charge in [0.05, 0.1) is 0 Å². The largest absolute Gasteiger partial charge is 0.382 e. The van der Waals surface area contributed by atoms with Crippen LogP contribution in [0.5, 0.6) is 0 Å². The molecule has 1 aliphatic rings. The normalized spacial score (nSPS) is 15.3. The summed E-state index contributed by atoms with van der Waals surface area (Å²) >= 11 is 0. The van der Waals surface area contributed by atoms with Crippen LogP contribution in [0.3, 0.4) is 0 Å². The van der Waals surface area contributed by atoms with Gasteiger partial charge in [-0.3, -0.25) is 5.43 Å². The average Bonchev–Trinajstić information content (AvgIpc) is 2.26. The molecule has 0 radical (unpaired) electrons. The Morgan fingerprint density at radius 2 is 1.82 bits per heavy atom. The van der Waals surface area contributed by atoms with Crippen molar-refractivity contribution in [1.29, 1.82) is 0 Å². The second-order valence-corrected chi connectivity index (χ2v) is 4.52. The third-order valence-corrected chi connectivity index (χ3v) is 2.85. The van der Waals surface area contributed by atoms with Gasteiger partial charge in [0.25, 0.3) is 0 Å². The first-order valence-corrected chi connectivity index (χ1v) is 6.58. The van der Waals surface area contributed by atoms with Gasteiger partial charge in [-0.05, 0) is 12.8 Å². The van der Waals surface area contributed by atoms with Crippen LogP contribution in [0.1, 0.15) is 58.3 Å². The number of hydrazone groups is 1. The molecule has 5 nitrogen and oxygen atoms in total. The molecule has 0 fully saturated rings. The lowest BCUT2D eigenvalue weighted by Crippen LogP contribution is -2.43. The van der Waals surface area contributed by atoms with Crippen molar-refractivity contribution < 1.29 is 0 Å². The fourth-order valence-corrected chi connectivity index (χ4v) is 1.94. The third-order valence-electron chi connectivity index (χ3n) is 2.85. The van der Waals surface area contributed by atoms with E-state index in [-0.39, 0.29) is 0 Å². The van der Waals surface area contributed by atoms with E-state index in [1.54, 1.807) is 0 Å². The number of nitrogens with one attached hydrogen (secondary N) is 1. The fourth-order valence-electron chi connectivity index (χ4n) is 1.94. The Morgan fingerprint density at radius 1 is 1.18 bits per heavy atom. The van der Waals surface area contributed by atoms with Crippen LogP contribution in [-0.2, 0) is 0 Å². The molecule has 0 bridgehead atoms. The molecule has 1 heterocycles. The Morgan fingerprint density at radius 3 is 2.47 bits per heavy atom. The maximum absolute atomic E-state index is 5.61. The molecule has 0 atom stereocenters. The Kier molecular flexibility index (Phi) is 6.47. The van der Waals surface area contributed by atoms with Gasteiger partial charge in [0.2, 0.25) is 0 Å². The maximum Gasteiger partial charge on any atom is 0.148 e. The van der Waals surface area contributed by atoms with Crippen molar-refractivity contribution in [2.24, 2.45) is 16.7 Å². The van der Waals surface area contributed by atoms with Crippen molar-refractivity contribution in [2.75, 3.05) is 0 Å². The molecule has 0 saturated heterocycles. The summed E-state index contributed by atoms with van der Waals surface area (Å²) in [5.74, 6) is 5.98. The molecule has 17 heavy (non-hydrogen) atoms. The van der Waals surface area contributed by atoms with E-state index in [4.69, 9.17) is 11.6 Å². The molecule has 0 aromatic carbocycles. The molecule has 0 aliphatic carbocycles. The minimum absolute atomic E-state index is 0.462. The van der Waals surface area contributed by atoms with Crippen molar-refractivity contribution >= 4 is 5.84 Å². The monoisotopic (exact) mass is 239 g/mol. The van der Waals surface area contributed by atoms with Crippen molar-refractivity contribution in [3.05, 3.63) is 11.8 Å². The van der Waals surface area contributed by atoms with E-state index in [0.717, 1.165) is 12.1 Å². The zero-order valence-corrected chi connectivity index (χ0v) is 10.8. The van der Waals surface area contributed by atoms with E-state index in [2.05, 4.69) is 17.5 Å². The summed E-state index contributed by atoms with van der Waals surface area (Å²) in [7, 11) is 0. The summed E-state index contributed by atoms with van der Waals surface area (Å²) in [5.41, 5.74) is 9.62. The Labute approximate surface area is 104 Å². The summed E-state index contributed by atoms with van der Waals surface area (Å²) in [6, 6.07) is 0. The molecule has 5 N–H and O–H groups in total. The highest BCUT2D eigenvalue weighted by atomic mass is 15.8. The van der Waals surface area contributed by atoms with Crippen LogP contribution in [0.4, 0.5) is 0 Å². The number of nitrogens with two attached hydrogens (primary N) is 2. The summed E-state index contributed by atoms with van der Waals surface area (Å²) in [6.07, 6.45) is 12.0. The van der Waals surface area contributed by atoms with Crippen LogP contribution >= 0.6 is 0 Å². The van der Waals surface area contributed by atoms with Gasteiger partial charge in [0.15, 0.2) is 0 Å². The van der Waals surface area contributed by atoms with Gasteiger partial charge >= 0.3 is 0 Å². The molecule has 0 aromatic heterocycles. The number of rotatable bonds is 8. The van der Waals surface area contributed by atoms with Crippen molar-refractivity contribution in [2.45, 2.75) is 58.3 Å². The lowest BCUT2D eigenvalue weighted by Gasteiger charge is -2.21. The number of unbranched alkanes of at least 4 members (excludes halogenated alkanes) is 6. The highest BCUT2D eigenvalue weighted by Crippen LogP contribution is 2.12. The van der Waals surface area contributed by atoms with Crippen molar-refractivity contribution in [3.63, 3.8) is 0 Å². The van der Waals surface area contributed by atoms with Crippen LogP contribution in [0.15, 0.2) is 16.9 Å². The molecule has 98 valence electrons. The van der Waals surface area contributed by atoms with E-state index in [1.807, 2.05) is 6.08 Å². The van der Waals surface area contributed by atoms with Gasteiger partial charge in [-0.25, -0.2) is 5.84 Å². The standard InChI is InChI=1S/C12H25N5/c1-2-3-4-5-6-7-8-9-11-10-12(13)16-17(14)15-11/h10,15H,2-9,14H2,1H3,(H2,13,16). The Balaban J connectivity index is 2.05. The molecule has 1 aliphatic heterocycles. The smallest absolute Gasteiger partial charge is 0.148 e. The van der Waals surface area contributed by atoms with Gasteiger partial charge in [-0.1, -0.05) is 45.4 Å². The first-order valence-electron chi connectivity index (χ1n) is 6.58. The highest BCUT2D eigenvalue weighted by Gasteiger charge is 2.07. The molecule has 5 heteroatoms. The zero-order chi connectivity index (χ0) is 12.5. The average molecular weight is 239 g/mol. The van der Waals surface area contributed by atoms with Gasteiger partial charge in [0, 0.05) is 11.8 Å². The second-order valence-electron chi connectivity index (χ2n) is 4.52. The predicted octanol–water partition coefficient (Wildman–Crippen LogP) is 1.98. The first-order chi connectivity index (χ1) is 8.22. The molecule has 0 amide bonds. The van der Waals surface area contributed by atoms with Gasteiger partial charge in [-0.2, -0.15) is 0 Å². The number of hydrogen-bond acceptors (Lipinski definition) is 5. The molecule has 1 rings (SSSR count). The number of nitrogens with zero attached hydrogens (tertiary/aromatic N) is 2. The van der Waals surface area contributed by atoms with Crippen molar-refractivity contribution in [3.8, 4) is 0 Å². The van der Waals surface area contributed by atoms with Crippen molar-refractivity contribution in [1.82, 2.24) is 10.7 Å². The zero-order valence-electron chi connectivity index (χ0n) is 10.8. The molecule has 0 saturated carbocycles. The van der Waals surface area contributed by atoms with Crippen LogP contribution in [0.2, 0.25) is 0 Å². The molecule has 0 unspecified atom stereocenters. The minimum Gasteiger partial charge on any atom is -0.382 e. The minimum atomic E-state index is 0.462. The van der Waals surface area contributed by atoms with Gasteiger partial charge in [0.1, 0.15) is 5.84 Å². The summed E-state index contributed by atoms with van der Waals surface area (Å²) in [4.78, 5) is 0. The molecule has 0 aromatic rings. The maximum atomic E-state index is 5.61. The van der Waals surface area contributed by atoms with E-state index in [9.17, 15) is 0 Å². The lowest BCUT2D eigenvalue weighted by atomic mass is 10.1. The van der Waals surface area contributed by atoms with E-state index >= 15 is 0 Å². The van der Waals surface area contributed by atoms with Gasteiger partial charge < -0.3 is 5.73 Å². The van der Waals surface area contributed by atoms with Crippen LogP contribution in [-0.4, -0.2) is 11.1 Å². The Hall–Kier alpha value is -1.23. The number of hydrazine groups is 2. The third kappa shape index (κ3) is 6.16. The summed E-state index contributed by atoms with van der Waals surface area (Å²) < 4.78 is 0. The number of allylic oxidation sites excluding steroid dienone is 1. The Bertz CT molecular complexity index is 272. The predicted molar refractivity (Wildman–Crippen MR) is 71.5 cm³/mol. The molecule has 0 spiro atoms. The fraction of sp³-hybridized carbons (Fsp3) is 0.750. The summed E-state index contributed by atoms with van der Waals surface area (Å²) in [6.45, 7) is 2.24. The second kappa shape index (κ2) is 7.95. The van der Waals surface area contributed by atoms with Crippen LogP contribution < -0.4 is 17.0 Å². The van der Waals surface area contributed by atoms with E-state index < -0.39 is 0 Å². The number of amidine groups is 1. The topological polar surface area (TPSA) is 79.7 Å². The van der Waals surface area contributed by atoms with Crippen LogP contribution in [0, 0.1) is 0 Å². The van der Waals surface area contributed by atoms with Crippen LogP contribution in [0.25, 0.3) is 0 Å². The first kappa shape index (κ1) is 13.8. The number of hydrogen-bond donors (Lipinski definition) is 3. The quantitative estimate of drug-likeness (QED) is 0.447. The molecular formula is C12H25N5. The summed E-state index contributed by atoms with van der Waals surface area (Å²) in [5, 5.41) is 5.00. The molecular weight excluding hydrogens is 214 g/mol. The SMILES string of the molecule is CCCCCCCCCC1=CC(N)=NN(N)N1. The van der Waals surface area contributed by atoms with Gasteiger partial charge in [-0.15, -0.1) is 10.3 Å².